The van der Waals surface area contributed by atoms with Crippen LogP contribution in [0, 0.1) is 5.92 Å². The zero-order chi connectivity index (χ0) is 18.7. The molecule has 1 heterocycles. The normalized spacial score (nSPS) is 16.7. The molecule has 0 bridgehead atoms. The van der Waals surface area contributed by atoms with Gasteiger partial charge in [-0.25, -0.2) is 4.79 Å². The fraction of sp³-hybridized carbons (Fsp3) is 0.250. The van der Waals surface area contributed by atoms with Crippen LogP contribution in [0.25, 0.3) is 11.1 Å². The Kier molecular flexibility index (Phi) is 5.02. The molecule has 1 aliphatic heterocycles. The lowest BCUT2D eigenvalue weighted by Gasteiger charge is -2.14. The van der Waals surface area contributed by atoms with Gasteiger partial charge in [0.2, 0.25) is 5.91 Å². The highest BCUT2D eigenvalue weighted by molar-refractivity contribution is 6.08. The third-order valence-corrected chi connectivity index (χ3v) is 4.30. The Morgan fingerprint density at radius 3 is 2.23 bits per heavy atom. The van der Waals surface area contributed by atoms with Crippen molar-refractivity contribution >= 4 is 23.5 Å². The lowest BCUT2D eigenvalue weighted by Crippen LogP contribution is -2.39. The summed E-state index contributed by atoms with van der Waals surface area (Å²) in [6, 6.07) is 16.2. The zero-order valence-electron chi connectivity index (χ0n) is 14.7. The number of anilines is 1. The third-order valence-electron chi connectivity index (χ3n) is 4.30. The number of nitrogens with zero attached hydrogens (tertiary/aromatic N) is 1. The first kappa shape index (κ1) is 17.7. The van der Waals surface area contributed by atoms with E-state index in [1.54, 1.807) is 12.1 Å². The lowest BCUT2D eigenvalue weighted by atomic mass is 10.1. The van der Waals surface area contributed by atoms with Gasteiger partial charge in [-0.2, -0.15) is 0 Å². The number of nitrogens with one attached hydrogen (secondary N) is 2. The van der Waals surface area contributed by atoms with Gasteiger partial charge in [0.25, 0.3) is 5.91 Å². The SMILES string of the molecule is CC(C)C1NC(=O)N(CC(=O)Nc2ccc(-c3ccccc3)cc2)C1=O. The Bertz CT molecular complexity index is 816. The van der Waals surface area contributed by atoms with Gasteiger partial charge in [-0.15, -0.1) is 0 Å². The molecule has 2 N–H and O–H groups in total. The maximum absolute atomic E-state index is 12.2. The number of carbonyl (C=O) groups is 3. The molecule has 3 rings (SSSR count). The van der Waals surface area contributed by atoms with Gasteiger partial charge in [0.15, 0.2) is 0 Å². The lowest BCUT2D eigenvalue weighted by molar-refractivity contribution is -0.131. The Balaban J connectivity index is 1.62. The van der Waals surface area contributed by atoms with E-state index >= 15 is 0 Å². The van der Waals surface area contributed by atoms with E-state index in [0.29, 0.717) is 5.69 Å². The molecule has 0 spiro atoms. The number of carbonyl (C=O) groups excluding carboxylic acids is 3. The standard InChI is InChI=1S/C20H21N3O3/c1-13(2)18-19(25)23(20(26)22-18)12-17(24)21-16-10-8-15(9-11-16)14-6-4-3-5-7-14/h3-11,13,18H,12H2,1-2H3,(H,21,24)(H,22,26). The summed E-state index contributed by atoms with van der Waals surface area (Å²) in [6.07, 6.45) is 0. The molecule has 0 aromatic heterocycles. The fourth-order valence-electron chi connectivity index (χ4n) is 2.86. The van der Waals surface area contributed by atoms with Crippen LogP contribution in [0.4, 0.5) is 10.5 Å². The van der Waals surface area contributed by atoms with Crippen LogP contribution in [0.5, 0.6) is 0 Å². The fourth-order valence-corrected chi connectivity index (χ4v) is 2.86. The minimum absolute atomic E-state index is 0.0231. The number of hydrogen-bond donors (Lipinski definition) is 2. The predicted octanol–water partition coefficient (Wildman–Crippen LogP) is 2.87. The first-order valence-corrected chi connectivity index (χ1v) is 8.53. The first-order valence-electron chi connectivity index (χ1n) is 8.53. The largest absolute Gasteiger partial charge is 0.326 e. The Morgan fingerprint density at radius 2 is 1.65 bits per heavy atom. The summed E-state index contributed by atoms with van der Waals surface area (Å²) in [5, 5.41) is 5.33. The van der Waals surface area contributed by atoms with Gasteiger partial charge in [-0.3, -0.25) is 14.5 Å². The summed E-state index contributed by atoms with van der Waals surface area (Å²) >= 11 is 0. The van der Waals surface area contributed by atoms with Crippen LogP contribution in [-0.2, 0) is 9.59 Å². The summed E-state index contributed by atoms with van der Waals surface area (Å²) in [7, 11) is 0. The van der Waals surface area contributed by atoms with E-state index in [1.165, 1.54) is 0 Å². The molecule has 6 nitrogen and oxygen atoms in total. The van der Waals surface area contributed by atoms with Crippen molar-refractivity contribution in [2.24, 2.45) is 5.92 Å². The maximum atomic E-state index is 12.2. The van der Waals surface area contributed by atoms with Crippen molar-refractivity contribution < 1.29 is 14.4 Å². The van der Waals surface area contributed by atoms with Crippen molar-refractivity contribution in [2.75, 3.05) is 11.9 Å². The van der Waals surface area contributed by atoms with Crippen molar-refractivity contribution in [3.63, 3.8) is 0 Å². The number of urea groups is 1. The van der Waals surface area contributed by atoms with Gasteiger partial charge in [0, 0.05) is 5.69 Å². The third kappa shape index (κ3) is 3.74. The molecule has 1 saturated heterocycles. The van der Waals surface area contributed by atoms with Gasteiger partial charge in [0.1, 0.15) is 12.6 Å². The average Bonchev–Trinajstić information content (AvgIpc) is 2.91. The topological polar surface area (TPSA) is 78.5 Å². The summed E-state index contributed by atoms with van der Waals surface area (Å²) in [5.41, 5.74) is 2.74. The highest BCUT2D eigenvalue weighted by atomic mass is 16.2. The molecule has 134 valence electrons. The van der Waals surface area contributed by atoms with Crippen molar-refractivity contribution in [3.8, 4) is 11.1 Å². The second-order valence-corrected chi connectivity index (χ2v) is 6.59. The second-order valence-electron chi connectivity index (χ2n) is 6.59. The summed E-state index contributed by atoms with van der Waals surface area (Å²) < 4.78 is 0. The number of benzene rings is 2. The van der Waals surface area contributed by atoms with Crippen LogP contribution in [0.1, 0.15) is 13.8 Å². The van der Waals surface area contributed by atoms with E-state index in [2.05, 4.69) is 10.6 Å². The van der Waals surface area contributed by atoms with Crippen LogP contribution in [-0.4, -0.2) is 35.3 Å². The van der Waals surface area contributed by atoms with Gasteiger partial charge < -0.3 is 10.6 Å². The quantitative estimate of drug-likeness (QED) is 0.813. The molecule has 1 aliphatic rings. The Morgan fingerprint density at radius 1 is 1.04 bits per heavy atom. The molecule has 0 aliphatic carbocycles. The highest BCUT2D eigenvalue weighted by Crippen LogP contribution is 2.21. The highest BCUT2D eigenvalue weighted by Gasteiger charge is 2.40. The summed E-state index contributed by atoms with van der Waals surface area (Å²) in [6.45, 7) is 3.40. The molecule has 1 atom stereocenters. The predicted molar refractivity (Wildman–Crippen MR) is 99.4 cm³/mol. The minimum atomic E-state index is -0.569. The van der Waals surface area contributed by atoms with Gasteiger partial charge >= 0.3 is 6.03 Å². The molecule has 1 fully saturated rings. The Labute approximate surface area is 152 Å². The molecule has 0 saturated carbocycles. The van der Waals surface area contributed by atoms with Crippen LogP contribution in [0.3, 0.4) is 0 Å². The number of imide groups is 1. The Hall–Kier alpha value is -3.15. The zero-order valence-corrected chi connectivity index (χ0v) is 14.7. The van der Waals surface area contributed by atoms with Crippen molar-refractivity contribution in [2.45, 2.75) is 19.9 Å². The second kappa shape index (κ2) is 7.39. The monoisotopic (exact) mass is 351 g/mol. The van der Waals surface area contributed by atoms with E-state index in [-0.39, 0.29) is 18.4 Å². The van der Waals surface area contributed by atoms with E-state index in [9.17, 15) is 14.4 Å². The van der Waals surface area contributed by atoms with Crippen LogP contribution >= 0.6 is 0 Å². The molecule has 2 aromatic rings. The van der Waals surface area contributed by atoms with Crippen molar-refractivity contribution in [3.05, 3.63) is 54.6 Å². The molecule has 0 radical (unpaired) electrons. The van der Waals surface area contributed by atoms with E-state index in [1.807, 2.05) is 56.3 Å². The average molecular weight is 351 g/mol. The molecular formula is C20H21N3O3. The van der Waals surface area contributed by atoms with Gasteiger partial charge in [0.05, 0.1) is 0 Å². The molecule has 6 heteroatoms. The van der Waals surface area contributed by atoms with Crippen LogP contribution < -0.4 is 10.6 Å². The number of hydrogen-bond acceptors (Lipinski definition) is 3. The molecular weight excluding hydrogens is 330 g/mol. The molecule has 26 heavy (non-hydrogen) atoms. The van der Waals surface area contributed by atoms with E-state index in [4.69, 9.17) is 0 Å². The number of rotatable bonds is 5. The van der Waals surface area contributed by atoms with Crippen LogP contribution in [0.2, 0.25) is 0 Å². The van der Waals surface area contributed by atoms with E-state index in [0.717, 1.165) is 16.0 Å². The number of amides is 4. The van der Waals surface area contributed by atoms with Crippen molar-refractivity contribution in [1.82, 2.24) is 10.2 Å². The summed E-state index contributed by atoms with van der Waals surface area (Å²) in [5.74, 6) is -0.796. The van der Waals surface area contributed by atoms with E-state index < -0.39 is 18.0 Å². The molecule has 4 amide bonds. The molecule has 2 aromatic carbocycles. The van der Waals surface area contributed by atoms with Crippen LogP contribution in [0.15, 0.2) is 54.6 Å². The molecule has 1 unspecified atom stereocenters. The maximum Gasteiger partial charge on any atom is 0.325 e. The first-order chi connectivity index (χ1) is 12.5. The minimum Gasteiger partial charge on any atom is -0.326 e. The van der Waals surface area contributed by atoms with Crippen molar-refractivity contribution in [1.29, 1.82) is 0 Å². The van der Waals surface area contributed by atoms with Gasteiger partial charge in [-0.1, -0.05) is 56.3 Å². The summed E-state index contributed by atoms with van der Waals surface area (Å²) in [4.78, 5) is 37.3. The van der Waals surface area contributed by atoms with Gasteiger partial charge in [-0.05, 0) is 29.2 Å². The smallest absolute Gasteiger partial charge is 0.325 e.